The first-order valence-corrected chi connectivity index (χ1v) is 5.17. The number of nitrogen functional groups attached to an aromatic ring is 1. The van der Waals surface area contributed by atoms with Gasteiger partial charge in [-0.25, -0.2) is 4.79 Å². The van der Waals surface area contributed by atoms with Crippen molar-refractivity contribution < 1.29 is 9.53 Å². The molecule has 0 aliphatic rings. The van der Waals surface area contributed by atoms with Crippen LogP contribution in [0, 0.1) is 6.92 Å². The summed E-state index contributed by atoms with van der Waals surface area (Å²) < 4.78 is 5.61. The minimum Gasteiger partial charge on any atom is -0.465 e. The smallest absolute Gasteiger partial charge is 0.348 e. The molecule has 0 aliphatic carbocycles. The lowest BCUT2D eigenvalue weighted by Gasteiger charge is -1.97. The zero-order valence-corrected chi connectivity index (χ0v) is 9.22. The summed E-state index contributed by atoms with van der Waals surface area (Å²) in [5.41, 5.74) is 7.26. The zero-order valence-electron chi connectivity index (χ0n) is 8.40. The van der Waals surface area contributed by atoms with Crippen molar-refractivity contribution in [3.63, 3.8) is 0 Å². The second-order valence-electron chi connectivity index (χ2n) is 3.15. The molecule has 2 N–H and O–H groups in total. The van der Waals surface area contributed by atoms with Gasteiger partial charge < -0.3 is 10.5 Å². The van der Waals surface area contributed by atoms with E-state index in [4.69, 9.17) is 10.5 Å². The molecule has 2 rings (SSSR count). The Balaban J connectivity index is 2.75. The molecule has 2 aromatic heterocycles. The number of aromatic nitrogens is 1. The highest BCUT2D eigenvalue weighted by atomic mass is 32.1. The van der Waals surface area contributed by atoms with E-state index in [2.05, 4.69) is 4.98 Å². The van der Waals surface area contributed by atoms with Gasteiger partial charge in [0.05, 0.1) is 23.7 Å². The number of aryl methyl sites for hydroxylation is 1. The number of hydrogen-bond acceptors (Lipinski definition) is 5. The summed E-state index contributed by atoms with van der Waals surface area (Å²) in [5.74, 6) is -0.326. The van der Waals surface area contributed by atoms with E-state index < -0.39 is 0 Å². The number of anilines is 1. The molecule has 0 fully saturated rings. The summed E-state index contributed by atoms with van der Waals surface area (Å²) in [4.78, 5) is 16.0. The summed E-state index contributed by atoms with van der Waals surface area (Å²) in [6.45, 7) is 1.86. The van der Waals surface area contributed by atoms with Crippen molar-refractivity contribution in [1.29, 1.82) is 0 Å². The molecule has 0 amide bonds. The number of methoxy groups -OCH3 is 1. The molecule has 0 radical (unpaired) electrons. The van der Waals surface area contributed by atoms with Gasteiger partial charge in [0.15, 0.2) is 0 Å². The fourth-order valence-electron chi connectivity index (χ4n) is 1.52. The second-order valence-corrected chi connectivity index (χ2v) is 4.20. The van der Waals surface area contributed by atoms with Crippen LogP contribution in [0.15, 0.2) is 12.4 Å². The van der Waals surface area contributed by atoms with Gasteiger partial charge in [0.25, 0.3) is 0 Å². The molecule has 0 atom stereocenters. The van der Waals surface area contributed by atoms with Crippen LogP contribution in [0.3, 0.4) is 0 Å². The van der Waals surface area contributed by atoms with Crippen LogP contribution in [0.5, 0.6) is 0 Å². The lowest BCUT2D eigenvalue weighted by atomic mass is 10.1. The topological polar surface area (TPSA) is 65.2 Å². The molecule has 5 heteroatoms. The molecule has 0 aliphatic heterocycles. The number of thiophene rings is 1. The van der Waals surface area contributed by atoms with Crippen LogP contribution >= 0.6 is 11.3 Å². The molecule has 0 aromatic carbocycles. The lowest BCUT2D eigenvalue weighted by molar-refractivity contribution is 0.0605. The van der Waals surface area contributed by atoms with Gasteiger partial charge in [-0.2, -0.15) is 0 Å². The highest BCUT2D eigenvalue weighted by Gasteiger charge is 2.17. The lowest BCUT2D eigenvalue weighted by Crippen LogP contribution is -1.99. The molecule has 15 heavy (non-hydrogen) atoms. The van der Waals surface area contributed by atoms with Crippen molar-refractivity contribution in [2.45, 2.75) is 6.92 Å². The maximum absolute atomic E-state index is 11.4. The molecule has 78 valence electrons. The number of ether oxygens (including phenoxy) is 1. The largest absolute Gasteiger partial charge is 0.465 e. The molecule has 4 nitrogen and oxygen atoms in total. The van der Waals surface area contributed by atoms with Crippen LogP contribution in [0.25, 0.3) is 10.1 Å². The average molecular weight is 222 g/mol. The number of rotatable bonds is 1. The molecule has 0 spiro atoms. The molecular weight excluding hydrogens is 212 g/mol. The molecule has 2 heterocycles. The summed E-state index contributed by atoms with van der Waals surface area (Å²) in [7, 11) is 1.37. The zero-order chi connectivity index (χ0) is 11.0. The Morgan fingerprint density at radius 1 is 1.53 bits per heavy atom. The van der Waals surface area contributed by atoms with Crippen molar-refractivity contribution in [1.82, 2.24) is 4.98 Å². The molecule has 2 aromatic rings. The number of carbonyl (C=O) groups is 1. The monoisotopic (exact) mass is 222 g/mol. The molecular formula is C10H10N2O2S. The third kappa shape index (κ3) is 1.45. The Labute approximate surface area is 90.7 Å². The standard InChI is InChI=1S/C10H10N2O2S/c1-5-8-6(11)3-12-4-7(8)15-9(5)10(13)14-2/h3-4H,11H2,1-2H3. The second kappa shape index (κ2) is 3.51. The molecule has 0 saturated heterocycles. The maximum Gasteiger partial charge on any atom is 0.348 e. The fraction of sp³-hybridized carbons (Fsp3) is 0.200. The number of carbonyl (C=O) groups excluding carboxylic acids is 1. The van der Waals surface area contributed by atoms with Gasteiger partial charge in [-0.1, -0.05) is 0 Å². The van der Waals surface area contributed by atoms with E-state index in [0.717, 1.165) is 15.6 Å². The van der Waals surface area contributed by atoms with Crippen LogP contribution in [0.1, 0.15) is 15.2 Å². The van der Waals surface area contributed by atoms with Crippen LogP contribution < -0.4 is 5.73 Å². The van der Waals surface area contributed by atoms with Crippen molar-refractivity contribution in [2.24, 2.45) is 0 Å². The van der Waals surface area contributed by atoms with Crippen molar-refractivity contribution in [3.05, 3.63) is 22.8 Å². The normalized spacial score (nSPS) is 10.5. The summed E-state index contributed by atoms with van der Waals surface area (Å²) >= 11 is 1.35. The first kappa shape index (κ1) is 9.92. The molecule has 0 saturated carbocycles. The SMILES string of the molecule is COC(=O)c1sc2cncc(N)c2c1C. The van der Waals surface area contributed by atoms with E-state index in [1.165, 1.54) is 18.4 Å². The van der Waals surface area contributed by atoms with E-state index in [1.807, 2.05) is 6.92 Å². The van der Waals surface area contributed by atoms with Crippen molar-refractivity contribution >= 4 is 33.1 Å². The maximum atomic E-state index is 11.4. The summed E-state index contributed by atoms with van der Waals surface area (Å²) in [5, 5.41) is 0.899. The minimum absolute atomic E-state index is 0.326. The van der Waals surface area contributed by atoms with E-state index >= 15 is 0 Å². The quantitative estimate of drug-likeness (QED) is 0.749. The van der Waals surface area contributed by atoms with Crippen LogP contribution in [0.2, 0.25) is 0 Å². The van der Waals surface area contributed by atoms with E-state index in [0.29, 0.717) is 10.6 Å². The van der Waals surface area contributed by atoms with Gasteiger partial charge in [0.2, 0.25) is 0 Å². The van der Waals surface area contributed by atoms with E-state index in [9.17, 15) is 4.79 Å². The number of fused-ring (bicyclic) bond motifs is 1. The van der Waals surface area contributed by atoms with Gasteiger partial charge in [0, 0.05) is 11.6 Å². The van der Waals surface area contributed by atoms with Crippen molar-refractivity contribution in [3.8, 4) is 0 Å². The number of nitrogens with zero attached hydrogens (tertiary/aromatic N) is 1. The molecule has 0 bridgehead atoms. The van der Waals surface area contributed by atoms with Crippen LogP contribution in [-0.2, 0) is 4.74 Å². The number of pyridine rings is 1. The van der Waals surface area contributed by atoms with E-state index in [1.54, 1.807) is 12.4 Å². The van der Waals surface area contributed by atoms with Gasteiger partial charge in [0.1, 0.15) is 4.88 Å². The Morgan fingerprint density at radius 3 is 2.87 bits per heavy atom. The summed E-state index contributed by atoms with van der Waals surface area (Å²) in [6.07, 6.45) is 3.29. The first-order chi connectivity index (χ1) is 7.15. The molecule has 0 unspecified atom stereocenters. The van der Waals surface area contributed by atoms with Crippen LogP contribution in [0.4, 0.5) is 5.69 Å². The highest BCUT2D eigenvalue weighted by Crippen LogP contribution is 2.33. The summed E-state index contributed by atoms with van der Waals surface area (Å²) in [6, 6.07) is 0. The first-order valence-electron chi connectivity index (χ1n) is 4.36. The Morgan fingerprint density at radius 2 is 2.27 bits per heavy atom. The van der Waals surface area contributed by atoms with Gasteiger partial charge >= 0.3 is 5.97 Å². The number of hydrogen-bond donors (Lipinski definition) is 1. The van der Waals surface area contributed by atoms with Gasteiger partial charge in [-0.15, -0.1) is 11.3 Å². The predicted molar refractivity (Wildman–Crippen MR) is 60.1 cm³/mol. The Bertz CT molecular complexity index is 533. The van der Waals surface area contributed by atoms with E-state index in [-0.39, 0.29) is 5.97 Å². The highest BCUT2D eigenvalue weighted by molar-refractivity contribution is 7.21. The Hall–Kier alpha value is -1.62. The predicted octanol–water partition coefficient (Wildman–Crippen LogP) is 1.97. The number of nitrogens with two attached hydrogens (primary N) is 1. The average Bonchev–Trinajstić information content (AvgIpc) is 2.56. The fourth-order valence-corrected chi connectivity index (χ4v) is 2.65. The van der Waals surface area contributed by atoms with Crippen molar-refractivity contribution in [2.75, 3.05) is 12.8 Å². The van der Waals surface area contributed by atoms with Gasteiger partial charge in [-0.3, -0.25) is 4.98 Å². The van der Waals surface area contributed by atoms with Gasteiger partial charge in [-0.05, 0) is 12.5 Å². The number of esters is 1. The van der Waals surface area contributed by atoms with Crippen LogP contribution in [-0.4, -0.2) is 18.1 Å². The minimum atomic E-state index is -0.326. The Kier molecular flexibility index (Phi) is 2.32. The third-order valence-corrected chi connectivity index (χ3v) is 3.45. The third-order valence-electron chi connectivity index (χ3n) is 2.24.